The molecular weight excluding hydrogens is 356 g/mol. The molecule has 0 aromatic carbocycles. The van der Waals surface area contributed by atoms with Gasteiger partial charge in [0.15, 0.2) is 0 Å². The summed E-state index contributed by atoms with van der Waals surface area (Å²) in [5, 5.41) is 10.2. The molecule has 0 amide bonds. The van der Waals surface area contributed by atoms with Gasteiger partial charge in [-0.05, 0) is 43.4 Å². The Labute approximate surface area is 162 Å². The van der Waals surface area contributed by atoms with Gasteiger partial charge < -0.3 is 9.80 Å². The molecule has 1 fully saturated rings. The summed E-state index contributed by atoms with van der Waals surface area (Å²) in [6.45, 7) is 3.70. The number of anilines is 2. The molecule has 0 bridgehead atoms. The number of thiophene rings is 1. The predicted molar refractivity (Wildman–Crippen MR) is 107 cm³/mol. The van der Waals surface area contributed by atoms with Crippen LogP contribution in [0.5, 0.6) is 0 Å². The zero-order chi connectivity index (χ0) is 18.2. The maximum atomic E-state index is 8.91. The minimum Gasteiger partial charge on any atom is -0.367 e. The lowest BCUT2D eigenvalue weighted by molar-refractivity contribution is 0.647. The van der Waals surface area contributed by atoms with E-state index in [2.05, 4.69) is 30.8 Å². The van der Waals surface area contributed by atoms with Crippen molar-refractivity contribution in [3.8, 4) is 6.07 Å². The van der Waals surface area contributed by atoms with Crippen LogP contribution in [0.2, 0.25) is 0 Å². The summed E-state index contributed by atoms with van der Waals surface area (Å²) in [7, 11) is 0. The topological polar surface area (TPSA) is 68.9 Å². The van der Waals surface area contributed by atoms with Gasteiger partial charge >= 0.3 is 0 Å². The van der Waals surface area contributed by atoms with Crippen LogP contribution < -0.4 is 9.80 Å². The number of piperazine rings is 1. The second-order valence-corrected chi connectivity index (χ2v) is 8.16. The SMILES string of the molecule is N#Cc1ccc(N2CCN(c3ncnc4sc5c(c34)CCCC5)CC2)cn1. The first-order chi connectivity index (χ1) is 13.3. The average Bonchev–Trinajstić information content (AvgIpc) is 3.13. The number of aromatic nitrogens is 3. The summed E-state index contributed by atoms with van der Waals surface area (Å²) in [6.07, 6.45) is 8.43. The van der Waals surface area contributed by atoms with Crippen molar-refractivity contribution in [2.45, 2.75) is 25.7 Å². The number of hydrogen-bond acceptors (Lipinski definition) is 7. The molecule has 27 heavy (non-hydrogen) atoms. The van der Waals surface area contributed by atoms with Crippen LogP contribution in [0, 0.1) is 11.3 Å². The largest absolute Gasteiger partial charge is 0.367 e. The van der Waals surface area contributed by atoms with Crippen LogP contribution in [0.3, 0.4) is 0 Å². The average molecular weight is 376 g/mol. The van der Waals surface area contributed by atoms with Crippen molar-refractivity contribution >= 4 is 33.1 Å². The Morgan fingerprint density at radius 3 is 2.56 bits per heavy atom. The van der Waals surface area contributed by atoms with E-state index in [4.69, 9.17) is 5.26 Å². The second-order valence-electron chi connectivity index (χ2n) is 7.08. The molecule has 6 nitrogen and oxygen atoms in total. The van der Waals surface area contributed by atoms with Crippen LogP contribution in [-0.2, 0) is 12.8 Å². The van der Waals surface area contributed by atoms with E-state index in [0.717, 1.165) is 48.9 Å². The molecule has 3 aromatic heterocycles. The highest BCUT2D eigenvalue weighted by Gasteiger charge is 2.25. The van der Waals surface area contributed by atoms with Gasteiger partial charge in [0, 0.05) is 31.1 Å². The van der Waals surface area contributed by atoms with Gasteiger partial charge in [-0.25, -0.2) is 15.0 Å². The molecule has 0 N–H and O–H groups in total. The summed E-state index contributed by atoms with van der Waals surface area (Å²) >= 11 is 1.86. The van der Waals surface area contributed by atoms with Gasteiger partial charge in [-0.15, -0.1) is 11.3 Å². The minimum atomic E-state index is 0.461. The molecule has 1 aliphatic heterocycles. The zero-order valence-corrected chi connectivity index (χ0v) is 15.9. The molecule has 0 atom stereocenters. The van der Waals surface area contributed by atoms with Crippen LogP contribution in [0.25, 0.3) is 10.2 Å². The van der Waals surface area contributed by atoms with E-state index in [1.54, 1.807) is 18.6 Å². The third-order valence-electron chi connectivity index (χ3n) is 5.54. The van der Waals surface area contributed by atoms with Gasteiger partial charge in [-0.3, -0.25) is 0 Å². The molecule has 0 spiro atoms. The standard InChI is InChI=1S/C20H20N6S/c21-11-14-5-6-15(12-22-14)25-7-9-26(10-8-25)19-18-16-3-1-2-4-17(16)27-20(18)24-13-23-19/h5-6,12-13H,1-4,7-10H2. The second kappa shape index (κ2) is 6.78. The highest BCUT2D eigenvalue weighted by atomic mass is 32.1. The molecular formula is C20H20N6S. The molecule has 1 aliphatic carbocycles. The molecule has 5 rings (SSSR count). The maximum absolute atomic E-state index is 8.91. The normalized spacial score (nSPS) is 17.0. The molecule has 3 aromatic rings. The lowest BCUT2D eigenvalue weighted by Crippen LogP contribution is -2.47. The summed E-state index contributed by atoms with van der Waals surface area (Å²) < 4.78 is 0. The van der Waals surface area contributed by atoms with E-state index in [1.165, 1.54) is 35.1 Å². The number of hydrogen-bond donors (Lipinski definition) is 0. The van der Waals surface area contributed by atoms with E-state index in [-0.39, 0.29) is 0 Å². The minimum absolute atomic E-state index is 0.461. The third kappa shape index (κ3) is 2.90. The van der Waals surface area contributed by atoms with Crippen LogP contribution in [0.4, 0.5) is 11.5 Å². The quantitative estimate of drug-likeness (QED) is 0.684. The van der Waals surface area contributed by atoms with Gasteiger partial charge in [0.05, 0.1) is 17.3 Å². The number of rotatable bonds is 2. The summed E-state index contributed by atoms with van der Waals surface area (Å²) in [5.74, 6) is 1.11. The highest BCUT2D eigenvalue weighted by Crippen LogP contribution is 2.39. The highest BCUT2D eigenvalue weighted by molar-refractivity contribution is 7.19. The Morgan fingerprint density at radius 1 is 0.963 bits per heavy atom. The molecule has 2 aliphatic rings. The number of pyridine rings is 1. The van der Waals surface area contributed by atoms with Crippen LogP contribution in [0.1, 0.15) is 29.0 Å². The Morgan fingerprint density at radius 2 is 1.78 bits per heavy atom. The molecule has 0 unspecified atom stereocenters. The van der Waals surface area contributed by atoms with Gasteiger partial charge in [-0.2, -0.15) is 5.26 Å². The van der Waals surface area contributed by atoms with Crippen molar-refractivity contribution in [1.29, 1.82) is 5.26 Å². The van der Waals surface area contributed by atoms with Crippen molar-refractivity contribution in [2.75, 3.05) is 36.0 Å². The summed E-state index contributed by atoms with van der Waals surface area (Å²) in [6, 6.07) is 5.84. The van der Waals surface area contributed by atoms with E-state index in [0.29, 0.717) is 5.69 Å². The fourth-order valence-corrected chi connectivity index (χ4v) is 5.35. The van der Waals surface area contributed by atoms with Crippen molar-refractivity contribution in [3.63, 3.8) is 0 Å². The van der Waals surface area contributed by atoms with Crippen molar-refractivity contribution < 1.29 is 0 Å². The van der Waals surface area contributed by atoms with Gasteiger partial charge in [-0.1, -0.05) is 0 Å². The molecule has 4 heterocycles. The molecule has 0 radical (unpaired) electrons. The Bertz CT molecular complexity index is 1010. The number of nitriles is 1. The van der Waals surface area contributed by atoms with E-state index < -0.39 is 0 Å². The predicted octanol–water partition coefficient (Wildman–Crippen LogP) is 3.16. The van der Waals surface area contributed by atoms with Crippen LogP contribution in [0.15, 0.2) is 24.7 Å². The summed E-state index contributed by atoms with van der Waals surface area (Å²) in [5.41, 5.74) is 3.04. The fraction of sp³-hybridized carbons (Fsp3) is 0.400. The third-order valence-corrected chi connectivity index (χ3v) is 6.74. The van der Waals surface area contributed by atoms with E-state index >= 15 is 0 Å². The number of nitrogens with zero attached hydrogens (tertiary/aromatic N) is 6. The fourth-order valence-electron chi connectivity index (χ4n) is 4.13. The van der Waals surface area contributed by atoms with Gasteiger partial charge in [0.1, 0.15) is 28.7 Å². The first-order valence-corrected chi connectivity index (χ1v) is 10.3. The van der Waals surface area contributed by atoms with E-state index in [9.17, 15) is 0 Å². The molecule has 0 saturated carbocycles. The molecule has 1 saturated heterocycles. The lowest BCUT2D eigenvalue weighted by Gasteiger charge is -2.36. The van der Waals surface area contributed by atoms with Crippen molar-refractivity contribution in [2.24, 2.45) is 0 Å². The number of fused-ring (bicyclic) bond motifs is 3. The molecule has 136 valence electrons. The van der Waals surface area contributed by atoms with Crippen molar-refractivity contribution in [3.05, 3.63) is 40.8 Å². The van der Waals surface area contributed by atoms with Gasteiger partial charge in [0.2, 0.25) is 0 Å². The monoisotopic (exact) mass is 376 g/mol. The van der Waals surface area contributed by atoms with E-state index in [1.807, 2.05) is 17.4 Å². The summed E-state index contributed by atoms with van der Waals surface area (Å²) in [4.78, 5) is 20.8. The Kier molecular flexibility index (Phi) is 4.13. The smallest absolute Gasteiger partial charge is 0.141 e. The Hall–Kier alpha value is -2.72. The van der Waals surface area contributed by atoms with Crippen LogP contribution in [-0.4, -0.2) is 41.1 Å². The zero-order valence-electron chi connectivity index (χ0n) is 15.1. The lowest BCUT2D eigenvalue weighted by atomic mass is 9.97. The maximum Gasteiger partial charge on any atom is 0.141 e. The van der Waals surface area contributed by atoms with Crippen molar-refractivity contribution in [1.82, 2.24) is 15.0 Å². The molecule has 7 heteroatoms. The van der Waals surface area contributed by atoms with Crippen LogP contribution >= 0.6 is 11.3 Å². The number of aryl methyl sites for hydroxylation is 2. The Balaban J connectivity index is 1.39. The van der Waals surface area contributed by atoms with Gasteiger partial charge in [0.25, 0.3) is 0 Å². The first kappa shape index (κ1) is 16.5. The first-order valence-electron chi connectivity index (χ1n) is 9.45.